The van der Waals surface area contributed by atoms with Gasteiger partial charge in [-0.3, -0.25) is 9.59 Å². The maximum atomic E-state index is 12.7. The molecule has 1 aromatic carbocycles. The van der Waals surface area contributed by atoms with Crippen molar-refractivity contribution in [3.05, 3.63) is 35.9 Å². The van der Waals surface area contributed by atoms with Crippen molar-refractivity contribution >= 4 is 11.8 Å². The van der Waals surface area contributed by atoms with Crippen LogP contribution in [0.15, 0.2) is 30.3 Å². The Kier molecular flexibility index (Phi) is 3.95. The third kappa shape index (κ3) is 2.94. The number of hydrogen-bond acceptors (Lipinski definition) is 2. The van der Waals surface area contributed by atoms with Crippen molar-refractivity contribution in [2.45, 2.75) is 31.7 Å². The van der Waals surface area contributed by atoms with E-state index in [1.165, 1.54) is 5.56 Å². The summed E-state index contributed by atoms with van der Waals surface area (Å²) in [4.78, 5) is 28.0. The second-order valence-corrected chi connectivity index (χ2v) is 6.19. The summed E-state index contributed by atoms with van der Waals surface area (Å²) in [6.45, 7) is 1.41. The number of carbonyl (C=O) groups is 2. The van der Waals surface area contributed by atoms with Crippen molar-refractivity contribution in [3.8, 4) is 0 Å². The van der Waals surface area contributed by atoms with Crippen LogP contribution in [0.2, 0.25) is 0 Å². The van der Waals surface area contributed by atoms with Crippen LogP contribution in [-0.2, 0) is 16.0 Å². The lowest BCUT2D eigenvalue weighted by Gasteiger charge is -2.27. The Labute approximate surface area is 125 Å². The Morgan fingerprint density at radius 2 is 2.05 bits per heavy atom. The van der Waals surface area contributed by atoms with Gasteiger partial charge in [0.05, 0.1) is 5.92 Å². The number of likely N-dealkylation sites (tertiary alicyclic amines) is 2. The highest BCUT2D eigenvalue weighted by Gasteiger charge is 2.38. The van der Waals surface area contributed by atoms with Gasteiger partial charge in [0.2, 0.25) is 11.8 Å². The summed E-state index contributed by atoms with van der Waals surface area (Å²) in [6.07, 6.45) is 3.43. The van der Waals surface area contributed by atoms with E-state index in [2.05, 4.69) is 12.1 Å². The second kappa shape index (κ2) is 5.88. The van der Waals surface area contributed by atoms with Crippen LogP contribution in [0.25, 0.3) is 0 Å². The van der Waals surface area contributed by atoms with E-state index in [1.807, 2.05) is 23.1 Å². The molecule has 2 unspecified atom stereocenters. The van der Waals surface area contributed by atoms with Crippen LogP contribution in [-0.4, -0.2) is 47.8 Å². The largest absolute Gasteiger partial charge is 0.345 e. The van der Waals surface area contributed by atoms with Crippen LogP contribution in [0.4, 0.5) is 0 Å². The Morgan fingerprint density at radius 3 is 2.71 bits per heavy atom. The molecule has 0 spiro atoms. The van der Waals surface area contributed by atoms with Gasteiger partial charge in [-0.2, -0.15) is 0 Å². The van der Waals surface area contributed by atoms with Crippen molar-refractivity contribution in [2.75, 3.05) is 20.1 Å². The molecule has 2 amide bonds. The van der Waals surface area contributed by atoms with Gasteiger partial charge in [-0.1, -0.05) is 30.3 Å². The predicted octanol–water partition coefficient (Wildman–Crippen LogP) is 1.70. The predicted molar refractivity (Wildman–Crippen MR) is 80.6 cm³/mol. The molecule has 21 heavy (non-hydrogen) atoms. The van der Waals surface area contributed by atoms with Crippen LogP contribution in [0, 0.1) is 5.92 Å². The lowest BCUT2D eigenvalue weighted by molar-refractivity contribution is -0.136. The first-order chi connectivity index (χ1) is 10.1. The smallest absolute Gasteiger partial charge is 0.228 e. The molecular weight excluding hydrogens is 264 g/mol. The molecule has 2 fully saturated rings. The molecule has 2 atom stereocenters. The summed E-state index contributed by atoms with van der Waals surface area (Å²) >= 11 is 0. The standard InChI is InChI=1S/C17H22N2O2/c1-18-12-14(11-16(18)20)17(21)19-9-5-8-15(19)10-13-6-3-2-4-7-13/h2-4,6-7,14-15H,5,8-12H2,1H3. The normalized spacial score (nSPS) is 25.7. The quantitative estimate of drug-likeness (QED) is 0.848. The summed E-state index contributed by atoms with van der Waals surface area (Å²) in [7, 11) is 1.78. The monoisotopic (exact) mass is 286 g/mol. The van der Waals surface area contributed by atoms with Crippen molar-refractivity contribution in [3.63, 3.8) is 0 Å². The number of hydrogen-bond donors (Lipinski definition) is 0. The topological polar surface area (TPSA) is 40.6 Å². The van der Waals surface area contributed by atoms with E-state index in [0.29, 0.717) is 19.0 Å². The van der Waals surface area contributed by atoms with Gasteiger partial charge in [0.25, 0.3) is 0 Å². The van der Waals surface area contributed by atoms with Gasteiger partial charge in [-0.05, 0) is 24.8 Å². The van der Waals surface area contributed by atoms with E-state index < -0.39 is 0 Å². The summed E-state index contributed by atoms with van der Waals surface area (Å²) < 4.78 is 0. The van der Waals surface area contributed by atoms with Crippen LogP contribution in [0.5, 0.6) is 0 Å². The zero-order valence-electron chi connectivity index (χ0n) is 12.5. The van der Waals surface area contributed by atoms with Gasteiger partial charge in [-0.15, -0.1) is 0 Å². The first kappa shape index (κ1) is 14.1. The summed E-state index contributed by atoms with van der Waals surface area (Å²) in [5, 5.41) is 0. The SMILES string of the molecule is CN1CC(C(=O)N2CCCC2Cc2ccccc2)CC1=O. The van der Waals surface area contributed by atoms with Crippen molar-refractivity contribution in [1.29, 1.82) is 0 Å². The average Bonchev–Trinajstić information content (AvgIpc) is 3.07. The Hall–Kier alpha value is -1.84. The Bertz CT molecular complexity index is 529. The van der Waals surface area contributed by atoms with E-state index >= 15 is 0 Å². The van der Waals surface area contributed by atoms with Crippen LogP contribution < -0.4 is 0 Å². The minimum atomic E-state index is -0.140. The molecule has 0 bridgehead atoms. The molecule has 2 saturated heterocycles. The summed E-state index contributed by atoms with van der Waals surface area (Å²) in [6, 6.07) is 10.6. The van der Waals surface area contributed by atoms with Crippen molar-refractivity contribution in [2.24, 2.45) is 5.92 Å². The lowest BCUT2D eigenvalue weighted by atomic mass is 10.0. The minimum absolute atomic E-state index is 0.0900. The number of nitrogens with zero attached hydrogens (tertiary/aromatic N) is 2. The fourth-order valence-corrected chi connectivity index (χ4v) is 3.49. The Morgan fingerprint density at radius 1 is 1.29 bits per heavy atom. The van der Waals surface area contributed by atoms with E-state index in [4.69, 9.17) is 0 Å². The molecule has 4 nitrogen and oxygen atoms in total. The van der Waals surface area contributed by atoms with Gasteiger partial charge in [0, 0.05) is 32.6 Å². The molecule has 2 aliphatic heterocycles. The molecule has 2 aliphatic rings. The van der Waals surface area contributed by atoms with Crippen molar-refractivity contribution < 1.29 is 9.59 Å². The van der Waals surface area contributed by atoms with Crippen molar-refractivity contribution in [1.82, 2.24) is 9.80 Å². The van der Waals surface area contributed by atoms with Gasteiger partial charge in [0.15, 0.2) is 0 Å². The lowest BCUT2D eigenvalue weighted by Crippen LogP contribution is -2.41. The van der Waals surface area contributed by atoms with Crippen LogP contribution in [0.3, 0.4) is 0 Å². The average molecular weight is 286 g/mol. The van der Waals surface area contributed by atoms with Gasteiger partial charge >= 0.3 is 0 Å². The molecule has 1 aromatic rings. The zero-order valence-corrected chi connectivity index (χ0v) is 12.5. The maximum Gasteiger partial charge on any atom is 0.228 e. The first-order valence-corrected chi connectivity index (χ1v) is 7.73. The molecule has 112 valence electrons. The molecule has 3 rings (SSSR count). The van der Waals surface area contributed by atoms with Gasteiger partial charge < -0.3 is 9.80 Å². The summed E-state index contributed by atoms with van der Waals surface area (Å²) in [5.41, 5.74) is 1.28. The highest BCUT2D eigenvalue weighted by Crippen LogP contribution is 2.26. The van der Waals surface area contributed by atoms with E-state index in [9.17, 15) is 9.59 Å². The highest BCUT2D eigenvalue weighted by atomic mass is 16.2. The van der Waals surface area contributed by atoms with E-state index in [1.54, 1.807) is 11.9 Å². The number of benzene rings is 1. The molecule has 0 aliphatic carbocycles. The molecule has 0 aromatic heterocycles. The molecule has 0 N–H and O–H groups in total. The zero-order chi connectivity index (χ0) is 14.8. The summed E-state index contributed by atoms with van der Waals surface area (Å²) in [5.74, 6) is 0.122. The molecule has 0 saturated carbocycles. The Balaban J connectivity index is 1.66. The van der Waals surface area contributed by atoms with Gasteiger partial charge in [0.1, 0.15) is 0 Å². The number of rotatable bonds is 3. The molecular formula is C17H22N2O2. The minimum Gasteiger partial charge on any atom is -0.345 e. The van der Waals surface area contributed by atoms with Crippen LogP contribution in [0.1, 0.15) is 24.8 Å². The fraction of sp³-hybridized carbons (Fsp3) is 0.529. The number of carbonyl (C=O) groups excluding carboxylic acids is 2. The number of amides is 2. The van der Waals surface area contributed by atoms with Crippen LogP contribution >= 0.6 is 0 Å². The van der Waals surface area contributed by atoms with Gasteiger partial charge in [-0.25, -0.2) is 0 Å². The first-order valence-electron chi connectivity index (χ1n) is 7.73. The third-order valence-corrected chi connectivity index (χ3v) is 4.66. The highest BCUT2D eigenvalue weighted by molar-refractivity contribution is 5.89. The molecule has 4 heteroatoms. The molecule has 2 heterocycles. The van der Waals surface area contributed by atoms with E-state index in [-0.39, 0.29) is 17.7 Å². The molecule has 0 radical (unpaired) electrons. The maximum absolute atomic E-state index is 12.7. The second-order valence-electron chi connectivity index (χ2n) is 6.19. The third-order valence-electron chi connectivity index (χ3n) is 4.66. The fourth-order valence-electron chi connectivity index (χ4n) is 3.49. The van der Waals surface area contributed by atoms with E-state index in [0.717, 1.165) is 25.8 Å².